The number of quaternary nitrogens is 1. The summed E-state index contributed by atoms with van der Waals surface area (Å²) < 4.78 is 21.0. The fraction of sp³-hybridized carbons (Fsp3) is 0.800. The molecule has 1 atom stereocenters. The van der Waals surface area contributed by atoms with E-state index in [0.29, 0.717) is 0 Å². The van der Waals surface area contributed by atoms with Crippen molar-refractivity contribution >= 4 is 15.8 Å². The van der Waals surface area contributed by atoms with E-state index in [0.717, 1.165) is 6.26 Å². The summed E-state index contributed by atoms with van der Waals surface area (Å²) >= 11 is 0. The van der Waals surface area contributed by atoms with Gasteiger partial charge in [0, 0.05) is 12.7 Å². The highest BCUT2D eigenvalue weighted by atomic mass is 32.2. The van der Waals surface area contributed by atoms with E-state index < -0.39 is 21.8 Å². The summed E-state index contributed by atoms with van der Waals surface area (Å²) in [5, 5.41) is 10.0. The van der Waals surface area contributed by atoms with E-state index in [2.05, 4.69) is 5.73 Å². The van der Waals surface area contributed by atoms with Crippen LogP contribution in [0, 0.1) is 0 Å². The highest BCUT2D eigenvalue weighted by molar-refractivity contribution is 7.90. The molecule has 0 aromatic heterocycles. The van der Waals surface area contributed by atoms with Gasteiger partial charge in [-0.2, -0.15) is 0 Å². The van der Waals surface area contributed by atoms with Gasteiger partial charge in [0.05, 0.1) is 11.7 Å². The lowest BCUT2D eigenvalue weighted by Crippen LogP contribution is -2.68. The Labute approximate surface area is 65.1 Å². The van der Waals surface area contributed by atoms with Gasteiger partial charge in [0.15, 0.2) is 0 Å². The lowest BCUT2D eigenvalue weighted by atomic mass is 10.2. The second-order valence-corrected chi connectivity index (χ2v) is 4.69. The minimum atomic E-state index is -3.08. The summed E-state index contributed by atoms with van der Waals surface area (Å²) in [6.07, 6.45) is 1.07. The molecule has 0 aliphatic rings. The van der Waals surface area contributed by atoms with Crippen molar-refractivity contribution < 1.29 is 24.1 Å². The number of carbonyl (C=O) groups excluding carboxylic acids is 1. The van der Waals surface area contributed by atoms with Gasteiger partial charge < -0.3 is 15.6 Å². The molecule has 66 valence electrons. The molecule has 0 aliphatic carbocycles. The normalized spacial score (nSPS) is 14.4. The molecule has 0 saturated carbocycles. The Bertz CT molecular complexity index is 233. The lowest BCUT2D eigenvalue weighted by Gasteiger charge is -2.07. The average Bonchev–Trinajstić information content (AvgIpc) is 1.80. The second kappa shape index (κ2) is 3.68. The molecule has 11 heavy (non-hydrogen) atoms. The molecule has 5 nitrogen and oxygen atoms in total. The van der Waals surface area contributed by atoms with Crippen LogP contribution in [0.15, 0.2) is 0 Å². The molecule has 0 saturated heterocycles. The number of carboxylic acid groups (broad SMARTS) is 1. The Morgan fingerprint density at radius 1 is 1.64 bits per heavy atom. The van der Waals surface area contributed by atoms with Crippen LogP contribution in [0.3, 0.4) is 0 Å². The van der Waals surface area contributed by atoms with Gasteiger partial charge in [-0.3, -0.25) is 0 Å². The lowest BCUT2D eigenvalue weighted by molar-refractivity contribution is -0.437. The summed E-state index contributed by atoms with van der Waals surface area (Å²) in [7, 11) is -3.08. The topological polar surface area (TPSA) is 102 Å². The van der Waals surface area contributed by atoms with Gasteiger partial charge in [-0.25, -0.2) is 8.42 Å². The van der Waals surface area contributed by atoms with Crippen molar-refractivity contribution in [2.45, 2.75) is 12.5 Å². The van der Waals surface area contributed by atoms with Gasteiger partial charge in [-0.1, -0.05) is 0 Å². The first-order chi connectivity index (χ1) is 4.83. The predicted molar refractivity (Wildman–Crippen MR) is 36.0 cm³/mol. The molecule has 0 rings (SSSR count). The minimum Gasteiger partial charge on any atom is -0.544 e. The molecule has 0 amide bonds. The summed E-state index contributed by atoms with van der Waals surface area (Å²) in [6.45, 7) is 0. The van der Waals surface area contributed by atoms with Crippen LogP contribution in [0.5, 0.6) is 0 Å². The number of hydrogen-bond donors (Lipinski definition) is 1. The maximum absolute atomic E-state index is 10.5. The SMILES string of the molecule is CS(=O)(=O)CC[C@@H]([NH3+])C(=O)[O-]. The Kier molecular flexibility index (Phi) is 3.47. The van der Waals surface area contributed by atoms with E-state index in [-0.39, 0.29) is 12.2 Å². The molecular formula is C5H11NO4S. The molecular weight excluding hydrogens is 170 g/mol. The average molecular weight is 181 g/mol. The zero-order valence-electron chi connectivity index (χ0n) is 6.24. The molecule has 3 N–H and O–H groups in total. The molecule has 6 heteroatoms. The second-order valence-electron chi connectivity index (χ2n) is 2.43. The van der Waals surface area contributed by atoms with Gasteiger partial charge >= 0.3 is 0 Å². The van der Waals surface area contributed by atoms with Crippen LogP contribution in [0.1, 0.15) is 6.42 Å². The zero-order chi connectivity index (χ0) is 9.07. The maximum Gasteiger partial charge on any atom is 0.147 e. The third-order valence-corrected chi connectivity index (χ3v) is 2.15. The molecule has 0 unspecified atom stereocenters. The van der Waals surface area contributed by atoms with E-state index >= 15 is 0 Å². The van der Waals surface area contributed by atoms with Crippen molar-refractivity contribution in [3.8, 4) is 0 Å². The van der Waals surface area contributed by atoms with Gasteiger partial charge in [-0.15, -0.1) is 0 Å². The summed E-state index contributed by atoms with van der Waals surface area (Å²) in [5.41, 5.74) is 3.21. The molecule has 0 aromatic rings. The van der Waals surface area contributed by atoms with E-state index in [1.54, 1.807) is 0 Å². The largest absolute Gasteiger partial charge is 0.544 e. The van der Waals surface area contributed by atoms with Crippen LogP contribution in [-0.2, 0) is 14.6 Å². The first-order valence-corrected chi connectivity index (χ1v) is 5.10. The van der Waals surface area contributed by atoms with Gasteiger partial charge in [-0.05, 0) is 0 Å². The Balaban J connectivity index is 3.82. The van der Waals surface area contributed by atoms with Gasteiger partial charge in [0.25, 0.3) is 0 Å². The summed E-state index contributed by atoms with van der Waals surface area (Å²) in [5.74, 6) is -1.47. The maximum atomic E-state index is 10.5. The van der Waals surface area contributed by atoms with E-state index in [4.69, 9.17) is 0 Å². The standard InChI is InChI=1S/C5H11NO4S/c1-11(9,10)3-2-4(6)5(7)8/h4H,2-3,6H2,1H3,(H,7,8)/t4-/m1/s1. The Morgan fingerprint density at radius 2 is 2.09 bits per heavy atom. The van der Waals surface area contributed by atoms with E-state index in [1.807, 2.05) is 0 Å². The number of aliphatic carboxylic acids is 1. The van der Waals surface area contributed by atoms with Crippen LogP contribution in [-0.4, -0.2) is 32.4 Å². The van der Waals surface area contributed by atoms with Crippen LogP contribution < -0.4 is 10.8 Å². The van der Waals surface area contributed by atoms with Crippen molar-refractivity contribution in [2.24, 2.45) is 0 Å². The first-order valence-electron chi connectivity index (χ1n) is 3.04. The van der Waals surface area contributed by atoms with Crippen LogP contribution >= 0.6 is 0 Å². The molecule has 0 spiro atoms. The fourth-order valence-corrected chi connectivity index (χ4v) is 1.19. The predicted octanol–water partition coefficient (Wildman–Crippen LogP) is -3.22. The first kappa shape index (κ1) is 10.4. The third kappa shape index (κ3) is 5.81. The van der Waals surface area contributed by atoms with E-state index in [9.17, 15) is 18.3 Å². The smallest absolute Gasteiger partial charge is 0.147 e. The fourth-order valence-electron chi connectivity index (χ4n) is 0.474. The molecule has 0 fully saturated rings. The third-order valence-electron chi connectivity index (χ3n) is 1.17. The highest BCUT2D eigenvalue weighted by Gasteiger charge is 2.10. The number of hydrogen-bond acceptors (Lipinski definition) is 4. The zero-order valence-corrected chi connectivity index (χ0v) is 7.06. The van der Waals surface area contributed by atoms with Crippen molar-refractivity contribution in [3.63, 3.8) is 0 Å². The number of carboxylic acids is 1. The monoisotopic (exact) mass is 181 g/mol. The number of sulfone groups is 1. The Hall–Kier alpha value is -0.620. The molecule has 0 radical (unpaired) electrons. The van der Waals surface area contributed by atoms with Crippen molar-refractivity contribution in [3.05, 3.63) is 0 Å². The minimum absolute atomic E-state index is 0.0150. The quantitative estimate of drug-likeness (QED) is 0.493. The molecule has 0 heterocycles. The molecule has 0 bridgehead atoms. The van der Waals surface area contributed by atoms with Crippen molar-refractivity contribution in [1.82, 2.24) is 0 Å². The van der Waals surface area contributed by atoms with Crippen molar-refractivity contribution in [2.75, 3.05) is 12.0 Å². The summed E-state index contributed by atoms with van der Waals surface area (Å²) in [4.78, 5) is 10.0. The van der Waals surface area contributed by atoms with E-state index in [1.165, 1.54) is 0 Å². The van der Waals surface area contributed by atoms with Gasteiger partial charge in [0.1, 0.15) is 15.9 Å². The Morgan fingerprint density at radius 3 is 2.36 bits per heavy atom. The van der Waals surface area contributed by atoms with Crippen molar-refractivity contribution in [1.29, 1.82) is 0 Å². The van der Waals surface area contributed by atoms with Crippen LogP contribution in [0.25, 0.3) is 0 Å². The number of rotatable bonds is 4. The molecule has 0 aromatic carbocycles. The van der Waals surface area contributed by atoms with Crippen LogP contribution in [0.4, 0.5) is 0 Å². The van der Waals surface area contributed by atoms with Gasteiger partial charge in [0.2, 0.25) is 0 Å². The highest BCUT2D eigenvalue weighted by Crippen LogP contribution is 1.90. The molecule has 0 aliphatic heterocycles. The summed E-state index contributed by atoms with van der Waals surface area (Å²) in [6, 6.07) is -0.940. The van der Waals surface area contributed by atoms with Crippen LogP contribution in [0.2, 0.25) is 0 Å². The number of carbonyl (C=O) groups is 1.